The summed E-state index contributed by atoms with van der Waals surface area (Å²) in [5.41, 5.74) is 0. The third-order valence-corrected chi connectivity index (χ3v) is 3.98. The predicted molar refractivity (Wildman–Crippen MR) is 72.9 cm³/mol. The standard InChI is InChI=1S/C14H28N2O2/c1-3-17-8-4-7-15-9-12(2)16-10-13-5-6-14(11-16)18-13/h12-15H,3-11H2,1-2H3. The van der Waals surface area contributed by atoms with E-state index >= 15 is 0 Å². The van der Waals surface area contributed by atoms with Crippen LogP contribution in [0.25, 0.3) is 0 Å². The molecule has 2 rings (SSSR count). The number of nitrogens with zero attached hydrogens (tertiary/aromatic N) is 1. The molecule has 0 spiro atoms. The highest BCUT2D eigenvalue weighted by Gasteiger charge is 2.35. The zero-order valence-corrected chi connectivity index (χ0v) is 11.9. The van der Waals surface area contributed by atoms with Crippen LogP contribution in [0.15, 0.2) is 0 Å². The van der Waals surface area contributed by atoms with Crippen molar-refractivity contribution >= 4 is 0 Å². The molecule has 0 aromatic heterocycles. The van der Waals surface area contributed by atoms with Crippen LogP contribution in [0.2, 0.25) is 0 Å². The van der Waals surface area contributed by atoms with Crippen molar-refractivity contribution in [3.63, 3.8) is 0 Å². The third-order valence-electron chi connectivity index (χ3n) is 3.98. The second-order valence-electron chi connectivity index (χ2n) is 5.51. The van der Waals surface area contributed by atoms with Crippen molar-refractivity contribution in [1.82, 2.24) is 10.2 Å². The molecule has 2 bridgehead atoms. The van der Waals surface area contributed by atoms with Crippen LogP contribution in [-0.2, 0) is 9.47 Å². The molecule has 2 aliphatic rings. The van der Waals surface area contributed by atoms with Crippen LogP contribution < -0.4 is 5.32 Å². The van der Waals surface area contributed by atoms with Crippen LogP contribution in [0.3, 0.4) is 0 Å². The molecule has 4 heteroatoms. The van der Waals surface area contributed by atoms with E-state index in [9.17, 15) is 0 Å². The largest absolute Gasteiger partial charge is 0.382 e. The number of morpholine rings is 1. The molecular weight excluding hydrogens is 228 g/mol. The summed E-state index contributed by atoms with van der Waals surface area (Å²) < 4.78 is 11.2. The fraction of sp³-hybridized carbons (Fsp3) is 1.00. The highest BCUT2D eigenvalue weighted by Crippen LogP contribution is 2.27. The van der Waals surface area contributed by atoms with Crippen LogP contribution >= 0.6 is 0 Å². The molecule has 0 aliphatic carbocycles. The molecule has 2 heterocycles. The zero-order chi connectivity index (χ0) is 12.8. The lowest BCUT2D eigenvalue weighted by Gasteiger charge is -2.36. The Balaban J connectivity index is 1.56. The minimum atomic E-state index is 0.504. The van der Waals surface area contributed by atoms with Crippen molar-refractivity contribution in [2.75, 3.05) is 39.4 Å². The lowest BCUT2D eigenvalue weighted by molar-refractivity contribution is -0.0500. The van der Waals surface area contributed by atoms with E-state index in [1.165, 1.54) is 12.8 Å². The monoisotopic (exact) mass is 256 g/mol. The first-order valence-corrected chi connectivity index (χ1v) is 7.47. The molecule has 2 fully saturated rings. The number of rotatable bonds is 8. The Morgan fingerprint density at radius 3 is 2.72 bits per heavy atom. The topological polar surface area (TPSA) is 33.7 Å². The van der Waals surface area contributed by atoms with Crippen molar-refractivity contribution in [3.05, 3.63) is 0 Å². The molecule has 0 radical (unpaired) electrons. The van der Waals surface area contributed by atoms with Crippen LogP contribution in [0, 0.1) is 0 Å². The van der Waals surface area contributed by atoms with Gasteiger partial charge in [0.05, 0.1) is 12.2 Å². The van der Waals surface area contributed by atoms with Gasteiger partial charge in [-0.15, -0.1) is 0 Å². The summed E-state index contributed by atoms with van der Waals surface area (Å²) in [5.74, 6) is 0. The summed E-state index contributed by atoms with van der Waals surface area (Å²) in [7, 11) is 0. The maximum absolute atomic E-state index is 5.87. The van der Waals surface area contributed by atoms with E-state index in [4.69, 9.17) is 9.47 Å². The normalized spacial score (nSPS) is 29.7. The van der Waals surface area contributed by atoms with Crippen LogP contribution in [0.1, 0.15) is 33.1 Å². The van der Waals surface area contributed by atoms with Gasteiger partial charge in [0.15, 0.2) is 0 Å². The molecule has 3 unspecified atom stereocenters. The van der Waals surface area contributed by atoms with Gasteiger partial charge in [-0.2, -0.15) is 0 Å². The molecule has 4 nitrogen and oxygen atoms in total. The number of fused-ring (bicyclic) bond motifs is 2. The molecule has 2 aliphatic heterocycles. The maximum Gasteiger partial charge on any atom is 0.0707 e. The van der Waals surface area contributed by atoms with Gasteiger partial charge in [-0.25, -0.2) is 0 Å². The van der Waals surface area contributed by atoms with Gasteiger partial charge in [0.25, 0.3) is 0 Å². The fourth-order valence-electron chi connectivity index (χ4n) is 2.89. The van der Waals surface area contributed by atoms with Gasteiger partial charge in [-0.05, 0) is 39.7 Å². The maximum atomic E-state index is 5.87. The van der Waals surface area contributed by atoms with E-state index in [2.05, 4.69) is 17.1 Å². The number of hydrogen-bond acceptors (Lipinski definition) is 4. The second kappa shape index (κ2) is 7.43. The van der Waals surface area contributed by atoms with Gasteiger partial charge in [0, 0.05) is 38.9 Å². The SMILES string of the molecule is CCOCCCNCC(C)N1CC2CCC(C1)O2. The summed E-state index contributed by atoms with van der Waals surface area (Å²) in [6, 6.07) is 0.615. The molecule has 0 aromatic carbocycles. The molecule has 106 valence electrons. The molecule has 3 atom stereocenters. The average Bonchev–Trinajstić information content (AvgIpc) is 2.72. The number of hydrogen-bond donors (Lipinski definition) is 1. The average molecular weight is 256 g/mol. The third kappa shape index (κ3) is 4.19. The Hall–Kier alpha value is -0.160. The van der Waals surface area contributed by atoms with E-state index in [0.29, 0.717) is 18.2 Å². The van der Waals surface area contributed by atoms with E-state index in [1.54, 1.807) is 0 Å². The highest BCUT2D eigenvalue weighted by atomic mass is 16.5. The summed E-state index contributed by atoms with van der Waals surface area (Å²) in [5, 5.41) is 3.53. The molecule has 0 amide bonds. The fourth-order valence-corrected chi connectivity index (χ4v) is 2.89. The molecular formula is C14H28N2O2. The lowest BCUT2D eigenvalue weighted by atomic mass is 10.2. The van der Waals surface area contributed by atoms with E-state index < -0.39 is 0 Å². The minimum absolute atomic E-state index is 0.504. The van der Waals surface area contributed by atoms with Gasteiger partial charge in [-0.3, -0.25) is 4.90 Å². The molecule has 2 saturated heterocycles. The van der Waals surface area contributed by atoms with Crippen LogP contribution in [-0.4, -0.2) is 62.5 Å². The van der Waals surface area contributed by atoms with Crippen molar-refractivity contribution in [2.45, 2.75) is 51.4 Å². The highest BCUT2D eigenvalue weighted by molar-refractivity contribution is 4.87. The minimum Gasteiger partial charge on any atom is -0.382 e. The summed E-state index contributed by atoms with van der Waals surface area (Å²) in [4.78, 5) is 2.58. The Kier molecular flexibility index (Phi) is 5.89. The predicted octanol–water partition coefficient (Wildman–Crippen LogP) is 1.25. The summed E-state index contributed by atoms with van der Waals surface area (Å²) >= 11 is 0. The van der Waals surface area contributed by atoms with Crippen molar-refractivity contribution in [3.8, 4) is 0 Å². The molecule has 18 heavy (non-hydrogen) atoms. The number of likely N-dealkylation sites (tertiary alicyclic amines) is 1. The number of nitrogens with one attached hydrogen (secondary N) is 1. The molecule has 0 saturated carbocycles. The van der Waals surface area contributed by atoms with E-state index in [1.807, 2.05) is 6.92 Å². The lowest BCUT2D eigenvalue weighted by Crippen LogP contribution is -2.50. The van der Waals surface area contributed by atoms with E-state index in [0.717, 1.165) is 45.8 Å². The Morgan fingerprint density at radius 2 is 2.06 bits per heavy atom. The number of ether oxygens (including phenoxy) is 2. The van der Waals surface area contributed by atoms with Gasteiger partial charge in [0.1, 0.15) is 0 Å². The van der Waals surface area contributed by atoms with Crippen molar-refractivity contribution in [2.24, 2.45) is 0 Å². The van der Waals surface area contributed by atoms with Crippen molar-refractivity contribution in [1.29, 1.82) is 0 Å². The first-order valence-electron chi connectivity index (χ1n) is 7.47. The van der Waals surface area contributed by atoms with Crippen LogP contribution in [0.4, 0.5) is 0 Å². The Labute approximate surface area is 111 Å². The van der Waals surface area contributed by atoms with Gasteiger partial charge >= 0.3 is 0 Å². The first-order chi connectivity index (χ1) is 8.79. The van der Waals surface area contributed by atoms with Gasteiger partial charge in [-0.1, -0.05) is 0 Å². The Morgan fingerprint density at radius 1 is 1.33 bits per heavy atom. The van der Waals surface area contributed by atoms with Crippen LogP contribution in [0.5, 0.6) is 0 Å². The van der Waals surface area contributed by atoms with Gasteiger partial charge in [0.2, 0.25) is 0 Å². The van der Waals surface area contributed by atoms with Crippen molar-refractivity contribution < 1.29 is 9.47 Å². The Bertz CT molecular complexity index is 226. The van der Waals surface area contributed by atoms with E-state index in [-0.39, 0.29) is 0 Å². The molecule has 0 aromatic rings. The molecule has 1 N–H and O–H groups in total. The smallest absolute Gasteiger partial charge is 0.0707 e. The zero-order valence-electron chi connectivity index (χ0n) is 11.9. The first kappa shape index (κ1) is 14.3. The second-order valence-corrected chi connectivity index (χ2v) is 5.51. The quantitative estimate of drug-likeness (QED) is 0.663. The summed E-state index contributed by atoms with van der Waals surface area (Å²) in [6.07, 6.45) is 4.63. The van der Waals surface area contributed by atoms with Gasteiger partial charge < -0.3 is 14.8 Å². The summed E-state index contributed by atoms with van der Waals surface area (Å²) in [6.45, 7) is 10.4.